The molecule has 1 fully saturated rings. The van der Waals surface area contributed by atoms with E-state index in [1.807, 2.05) is 18.2 Å². The zero-order valence-electron chi connectivity index (χ0n) is 12.3. The number of fused-ring (bicyclic) bond motifs is 1. The van der Waals surface area contributed by atoms with Gasteiger partial charge in [-0.05, 0) is 49.6 Å². The van der Waals surface area contributed by atoms with Crippen molar-refractivity contribution in [3.63, 3.8) is 0 Å². The quantitative estimate of drug-likeness (QED) is 0.870. The monoisotopic (exact) mass is 287 g/mol. The van der Waals surface area contributed by atoms with Crippen LogP contribution in [0.2, 0.25) is 0 Å². The lowest BCUT2D eigenvalue weighted by Gasteiger charge is -2.22. The molecular weight excluding hydrogens is 266 g/mol. The van der Waals surface area contributed by atoms with E-state index in [9.17, 15) is 9.59 Å². The van der Waals surface area contributed by atoms with Gasteiger partial charge in [-0.25, -0.2) is 0 Å². The molecule has 1 aromatic carbocycles. The molecule has 0 saturated carbocycles. The zero-order valence-corrected chi connectivity index (χ0v) is 12.3. The van der Waals surface area contributed by atoms with E-state index in [1.165, 1.54) is 0 Å². The van der Waals surface area contributed by atoms with Crippen LogP contribution in [0.3, 0.4) is 0 Å². The van der Waals surface area contributed by atoms with Gasteiger partial charge in [-0.1, -0.05) is 6.42 Å². The van der Waals surface area contributed by atoms with Crippen molar-refractivity contribution in [2.45, 2.75) is 38.6 Å². The molecule has 2 aliphatic heterocycles. The van der Waals surface area contributed by atoms with Gasteiger partial charge in [0, 0.05) is 24.8 Å². The number of piperidine rings is 1. The van der Waals surface area contributed by atoms with E-state index in [2.05, 4.69) is 10.6 Å². The number of hydrogen-bond acceptors (Lipinski definition) is 3. The highest BCUT2D eigenvalue weighted by Gasteiger charge is 2.24. The molecule has 1 saturated heterocycles. The smallest absolute Gasteiger partial charge is 0.241 e. The third-order valence-corrected chi connectivity index (χ3v) is 4.25. The van der Waals surface area contributed by atoms with E-state index in [4.69, 9.17) is 0 Å². The Kier molecular flexibility index (Phi) is 3.92. The van der Waals surface area contributed by atoms with Crippen LogP contribution in [0.5, 0.6) is 0 Å². The van der Waals surface area contributed by atoms with Crippen molar-refractivity contribution in [2.24, 2.45) is 0 Å². The summed E-state index contributed by atoms with van der Waals surface area (Å²) in [5.41, 5.74) is 2.91. The first-order chi connectivity index (χ1) is 10.1. The van der Waals surface area contributed by atoms with Crippen LogP contribution in [0.1, 0.15) is 31.7 Å². The topological polar surface area (TPSA) is 61.4 Å². The number of rotatable bonds is 2. The molecule has 3 rings (SSSR count). The second-order valence-electron chi connectivity index (χ2n) is 5.76. The summed E-state index contributed by atoms with van der Waals surface area (Å²) in [6, 6.07) is 5.70. The summed E-state index contributed by atoms with van der Waals surface area (Å²) in [7, 11) is 0. The summed E-state index contributed by atoms with van der Waals surface area (Å²) < 4.78 is 0. The first-order valence-corrected chi connectivity index (χ1v) is 7.60. The van der Waals surface area contributed by atoms with Gasteiger partial charge in [0.2, 0.25) is 11.8 Å². The minimum Gasteiger partial charge on any atom is -0.325 e. The Morgan fingerprint density at radius 1 is 1.33 bits per heavy atom. The lowest BCUT2D eigenvalue weighted by Crippen LogP contribution is -2.43. The van der Waals surface area contributed by atoms with Crippen LogP contribution in [-0.2, 0) is 16.0 Å². The summed E-state index contributed by atoms with van der Waals surface area (Å²) in [4.78, 5) is 25.5. The zero-order chi connectivity index (χ0) is 14.8. The average molecular weight is 287 g/mol. The van der Waals surface area contributed by atoms with E-state index in [-0.39, 0.29) is 17.9 Å². The molecule has 0 radical (unpaired) electrons. The van der Waals surface area contributed by atoms with Gasteiger partial charge in [-0.3, -0.25) is 9.59 Å². The van der Waals surface area contributed by atoms with E-state index in [0.717, 1.165) is 55.7 Å². The second kappa shape index (κ2) is 5.85. The molecule has 0 aliphatic carbocycles. The maximum absolute atomic E-state index is 12.2. The lowest BCUT2D eigenvalue weighted by molar-refractivity contribution is -0.118. The van der Waals surface area contributed by atoms with Crippen LogP contribution in [0.4, 0.5) is 11.4 Å². The first-order valence-electron chi connectivity index (χ1n) is 7.60. The summed E-state index contributed by atoms with van der Waals surface area (Å²) in [6.07, 6.45) is 3.99. The Morgan fingerprint density at radius 2 is 2.19 bits per heavy atom. The summed E-state index contributed by atoms with van der Waals surface area (Å²) in [6.45, 7) is 3.22. The normalized spacial score (nSPS) is 21.0. The molecule has 5 heteroatoms. The molecule has 5 nitrogen and oxygen atoms in total. The van der Waals surface area contributed by atoms with Crippen molar-refractivity contribution in [2.75, 3.05) is 23.3 Å². The van der Waals surface area contributed by atoms with E-state index >= 15 is 0 Å². The molecule has 0 aromatic heterocycles. The fourth-order valence-corrected chi connectivity index (χ4v) is 3.11. The molecule has 112 valence electrons. The molecule has 2 amide bonds. The van der Waals surface area contributed by atoms with Crippen molar-refractivity contribution in [3.05, 3.63) is 23.8 Å². The predicted octanol–water partition coefficient (Wildman–Crippen LogP) is 1.68. The van der Waals surface area contributed by atoms with Gasteiger partial charge in [0.1, 0.15) is 0 Å². The van der Waals surface area contributed by atoms with Crippen LogP contribution in [0, 0.1) is 0 Å². The number of carbonyl (C=O) groups excluding carboxylic acids is 2. The molecule has 2 heterocycles. The molecule has 0 bridgehead atoms. The highest BCUT2D eigenvalue weighted by molar-refractivity contribution is 5.97. The highest BCUT2D eigenvalue weighted by atomic mass is 16.2. The van der Waals surface area contributed by atoms with Crippen LogP contribution in [-0.4, -0.2) is 30.9 Å². The van der Waals surface area contributed by atoms with Gasteiger partial charge in [0.25, 0.3) is 0 Å². The minimum atomic E-state index is -0.0827. The fourth-order valence-electron chi connectivity index (χ4n) is 3.11. The molecule has 2 aliphatic rings. The van der Waals surface area contributed by atoms with Crippen molar-refractivity contribution in [1.29, 1.82) is 0 Å². The second-order valence-corrected chi connectivity index (χ2v) is 5.76. The first kappa shape index (κ1) is 14.1. The highest BCUT2D eigenvalue weighted by Crippen LogP contribution is 2.30. The number of amides is 2. The summed E-state index contributed by atoms with van der Waals surface area (Å²) in [5, 5.41) is 6.23. The Hall–Kier alpha value is -1.88. The Bertz CT molecular complexity index is 565. The molecular formula is C16H21N3O2. The molecule has 2 N–H and O–H groups in total. The molecule has 0 unspecified atom stereocenters. The van der Waals surface area contributed by atoms with Gasteiger partial charge < -0.3 is 15.5 Å². The predicted molar refractivity (Wildman–Crippen MR) is 82.4 cm³/mol. The van der Waals surface area contributed by atoms with Gasteiger partial charge in [-0.15, -0.1) is 0 Å². The summed E-state index contributed by atoms with van der Waals surface area (Å²) in [5.74, 6) is 0.105. The van der Waals surface area contributed by atoms with Crippen LogP contribution >= 0.6 is 0 Å². The third-order valence-electron chi connectivity index (χ3n) is 4.25. The van der Waals surface area contributed by atoms with Crippen LogP contribution in [0.15, 0.2) is 18.2 Å². The van der Waals surface area contributed by atoms with E-state index < -0.39 is 0 Å². The lowest BCUT2D eigenvalue weighted by atomic mass is 10.0. The molecule has 0 spiro atoms. The fraction of sp³-hybridized carbons (Fsp3) is 0.500. The van der Waals surface area contributed by atoms with Crippen LogP contribution in [0.25, 0.3) is 0 Å². The Balaban J connectivity index is 1.70. The number of hydrogen-bond donors (Lipinski definition) is 2. The molecule has 1 atom stereocenters. The summed E-state index contributed by atoms with van der Waals surface area (Å²) >= 11 is 0. The number of anilines is 2. The Labute approximate surface area is 124 Å². The van der Waals surface area contributed by atoms with Gasteiger partial charge >= 0.3 is 0 Å². The Morgan fingerprint density at radius 3 is 2.90 bits per heavy atom. The van der Waals surface area contributed by atoms with Crippen molar-refractivity contribution < 1.29 is 9.59 Å². The largest absolute Gasteiger partial charge is 0.325 e. The molecule has 21 heavy (non-hydrogen) atoms. The van der Waals surface area contributed by atoms with E-state index in [0.29, 0.717) is 0 Å². The van der Waals surface area contributed by atoms with Gasteiger partial charge in [0.05, 0.1) is 6.04 Å². The van der Waals surface area contributed by atoms with Crippen molar-refractivity contribution >= 4 is 23.2 Å². The average Bonchev–Trinajstić information content (AvgIpc) is 2.91. The third kappa shape index (κ3) is 2.93. The van der Waals surface area contributed by atoms with Crippen molar-refractivity contribution in [1.82, 2.24) is 5.32 Å². The van der Waals surface area contributed by atoms with E-state index in [1.54, 1.807) is 11.8 Å². The van der Waals surface area contributed by atoms with Gasteiger partial charge in [-0.2, -0.15) is 0 Å². The van der Waals surface area contributed by atoms with Crippen molar-refractivity contribution in [3.8, 4) is 0 Å². The molecule has 1 aromatic rings. The number of carbonyl (C=O) groups is 2. The van der Waals surface area contributed by atoms with Crippen LogP contribution < -0.4 is 15.5 Å². The maximum atomic E-state index is 12.2. The number of nitrogens with one attached hydrogen (secondary N) is 2. The minimum absolute atomic E-state index is 0.0380. The van der Waals surface area contributed by atoms with Gasteiger partial charge in [0.15, 0.2) is 0 Å². The number of nitrogens with zero attached hydrogens (tertiary/aromatic N) is 1. The SMILES string of the molecule is CC(=O)N1CCc2cc(NC(=O)[C@@H]3CCCCN3)ccc21. The maximum Gasteiger partial charge on any atom is 0.241 e. The standard InChI is InChI=1S/C16H21N3O2/c1-11(20)19-9-7-12-10-13(5-6-15(12)19)18-16(21)14-4-2-3-8-17-14/h5-6,10,14,17H,2-4,7-9H2,1H3,(H,18,21)/t14-/m0/s1. The number of benzene rings is 1.